The molecule has 2 unspecified atom stereocenters. The molecule has 0 heterocycles. The first-order valence-corrected chi connectivity index (χ1v) is 5.43. The molecule has 0 saturated carbocycles. The Kier molecular flexibility index (Phi) is 7.47. The van der Waals surface area contributed by atoms with E-state index in [1.54, 1.807) is 5.49 Å². The third-order valence-corrected chi connectivity index (χ3v) is 2.62. The van der Waals surface area contributed by atoms with E-state index in [9.17, 15) is 0 Å². The Balaban J connectivity index is 3.75. The molecule has 0 aromatic rings. The van der Waals surface area contributed by atoms with E-state index in [0.717, 1.165) is 5.92 Å². The molecule has 12 heavy (non-hydrogen) atoms. The van der Waals surface area contributed by atoms with Crippen LogP contribution in [-0.4, -0.2) is 11.5 Å². The molecule has 0 spiro atoms. The van der Waals surface area contributed by atoms with Crippen molar-refractivity contribution in [1.82, 2.24) is 5.32 Å². The van der Waals surface area contributed by atoms with Gasteiger partial charge in [0.1, 0.15) is 0 Å². The van der Waals surface area contributed by atoms with Crippen molar-refractivity contribution >= 4 is 17.7 Å². The van der Waals surface area contributed by atoms with Gasteiger partial charge in [-0.2, -0.15) is 0 Å². The van der Waals surface area contributed by atoms with Gasteiger partial charge in [0.25, 0.3) is 0 Å². The van der Waals surface area contributed by atoms with E-state index in [0.29, 0.717) is 6.04 Å². The van der Waals surface area contributed by atoms with Crippen molar-refractivity contribution in [3.63, 3.8) is 0 Å². The Hall–Kier alpha value is -0.110. The summed E-state index contributed by atoms with van der Waals surface area (Å²) in [6.07, 6.45) is 5.04. The molecule has 0 aliphatic carbocycles. The minimum Gasteiger partial charge on any atom is -0.379 e. The standard InChI is InChI=1S/C10H21NS/c1-4-6-7-10(11-8-12)9(3)5-2/h8-10H,4-7H2,1-3H3,(H,11,12). The predicted octanol–water partition coefficient (Wildman–Crippen LogP) is 3.14. The minimum atomic E-state index is 0.590. The summed E-state index contributed by atoms with van der Waals surface area (Å²) in [5.74, 6) is 0.732. The molecular weight excluding hydrogens is 166 g/mol. The van der Waals surface area contributed by atoms with Crippen LogP contribution in [-0.2, 0) is 0 Å². The maximum Gasteiger partial charge on any atom is 0.0617 e. The van der Waals surface area contributed by atoms with Gasteiger partial charge in [0, 0.05) is 6.04 Å². The number of unbranched alkanes of at least 4 members (excludes halogenated alkanes) is 1. The fourth-order valence-corrected chi connectivity index (χ4v) is 1.50. The summed E-state index contributed by atoms with van der Waals surface area (Å²) in [7, 11) is 0. The van der Waals surface area contributed by atoms with E-state index < -0.39 is 0 Å². The van der Waals surface area contributed by atoms with Crippen LogP contribution in [0.5, 0.6) is 0 Å². The molecule has 0 fully saturated rings. The lowest BCUT2D eigenvalue weighted by molar-refractivity contribution is 0.383. The number of hydrogen-bond donors (Lipinski definition) is 1. The van der Waals surface area contributed by atoms with Gasteiger partial charge in [0.2, 0.25) is 0 Å². The van der Waals surface area contributed by atoms with Gasteiger partial charge in [-0.05, 0) is 12.3 Å². The van der Waals surface area contributed by atoms with Crippen LogP contribution in [0.2, 0.25) is 0 Å². The van der Waals surface area contributed by atoms with Gasteiger partial charge >= 0.3 is 0 Å². The fraction of sp³-hybridized carbons (Fsp3) is 0.900. The third kappa shape index (κ3) is 4.70. The summed E-state index contributed by atoms with van der Waals surface area (Å²) in [5, 5.41) is 3.26. The monoisotopic (exact) mass is 187 g/mol. The predicted molar refractivity (Wildman–Crippen MR) is 59.6 cm³/mol. The summed E-state index contributed by atoms with van der Waals surface area (Å²) in [4.78, 5) is 0. The molecule has 0 radical (unpaired) electrons. The first-order valence-electron chi connectivity index (χ1n) is 4.95. The zero-order valence-electron chi connectivity index (χ0n) is 8.47. The SMILES string of the molecule is CCCCC(NC=S)C(C)CC. The molecule has 0 rings (SSSR count). The van der Waals surface area contributed by atoms with Crippen molar-refractivity contribution in [2.75, 3.05) is 0 Å². The molecule has 1 nitrogen and oxygen atoms in total. The molecule has 0 amide bonds. The molecule has 72 valence electrons. The van der Waals surface area contributed by atoms with E-state index in [1.807, 2.05) is 0 Å². The molecule has 0 bridgehead atoms. The molecule has 0 aliphatic rings. The summed E-state index contributed by atoms with van der Waals surface area (Å²) < 4.78 is 0. The molecule has 0 aromatic carbocycles. The zero-order valence-corrected chi connectivity index (χ0v) is 9.29. The Labute approximate surface area is 81.9 Å². The lowest BCUT2D eigenvalue weighted by Crippen LogP contribution is -2.33. The lowest BCUT2D eigenvalue weighted by Gasteiger charge is -2.22. The van der Waals surface area contributed by atoms with Crippen LogP contribution in [0.25, 0.3) is 0 Å². The van der Waals surface area contributed by atoms with E-state index in [-0.39, 0.29) is 0 Å². The average Bonchev–Trinajstić information content (AvgIpc) is 2.11. The molecule has 0 aliphatic heterocycles. The second kappa shape index (κ2) is 7.53. The molecule has 2 heteroatoms. The normalized spacial score (nSPS) is 15.2. The van der Waals surface area contributed by atoms with Crippen molar-refractivity contribution in [3.05, 3.63) is 0 Å². The van der Waals surface area contributed by atoms with Gasteiger partial charge in [-0.25, -0.2) is 0 Å². The Morgan fingerprint density at radius 1 is 1.42 bits per heavy atom. The maximum atomic E-state index is 4.81. The molecular formula is C10H21NS. The van der Waals surface area contributed by atoms with Crippen molar-refractivity contribution in [2.45, 2.75) is 52.5 Å². The summed E-state index contributed by atoms with van der Waals surface area (Å²) in [6.45, 7) is 6.74. The van der Waals surface area contributed by atoms with Gasteiger partial charge in [-0.3, -0.25) is 0 Å². The molecule has 0 aromatic heterocycles. The average molecular weight is 187 g/mol. The van der Waals surface area contributed by atoms with Crippen LogP contribution in [0.3, 0.4) is 0 Å². The first-order chi connectivity index (χ1) is 5.76. The summed E-state index contributed by atoms with van der Waals surface area (Å²) in [6, 6.07) is 0.590. The van der Waals surface area contributed by atoms with Crippen LogP contribution in [0.4, 0.5) is 0 Å². The Morgan fingerprint density at radius 2 is 2.08 bits per heavy atom. The number of hydrogen-bond acceptors (Lipinski definition) is 1. The quantitative estimate of drug-likeness (QED) is 0.615. The van der Waals surface area contributed by atoms with Gasteiger partial charge in [0.05, 0.1) is 5.49 Å². The summed E-state index contributed by atoms with van der Waals surface area (Å²) >= 11 is 4.81. The highest BCUT2D eigenvalue weighted by atomic mass is 32.1. The smallest absolute Gasteiger partial charge is 0.0617 e. The van der Waals surface area contributed by atoms with Gasteiger partial charge < -0.3 is 5.32 Å². The third-order valence-electron chi connectivity index (χ3n) is 2.48. The highest BCUT2D eigenvalue weighted by Crippen LogP contribution is 2.13. The largest absolute Gasteiger partial charge is 0.379 e. The van der Waals surface area contributed by atoms with Crippen LogP contribution in [0, 0.1) is 5.92 Å². The van der Waals surface area contributed by atoms with Gasteiger partial charge in [0.15, 0.2) is 0 Å². The lowest BCUT2D eigenvalue weighted by atomic mass is 9.95. The number of nitrogens with one attached hydrogen (secondary N) is 1. The highest BCUT2D eigenvalue weighted by Gasteiger charge is 2.12. The van der Waals surface area contributed by atoms with E-state index in [1.165, 1.54) is 25.7 Å². The van der Waals surface area contributed by atoms with Crippen molar-refractivity contribution < 1.29 is 0 Å². The van der Waals surface area contributed by atoms with Crippen LogP contribution in [0.1, 0.15) is 46.5 Å². The summed E-state index contributed by atoms with van der Waals surface area (Å²) in [5.41, 5.74) is 1.66. The molecule has 2 atom stereocenters. The van der Waals surface area contributed by atoms with E-state index in [4.69, 9.17) is 12.2 Å². The highest BCUT2D eigenvalue weighted by molar-refractivity contribution is 7.78. The van der Waals surface area contributed by atoms with Crippen molar-refractivity contribution in [2.24, 2.45) is 5.92 Å². The Morgan fingerprint density at radius 3 is 2.50 bits per heavy atom. The second-order valence-corrected chi connectivity index (χ2v) is 3.65. The van der Waals surface area contributed by atoms with Crippen molar-refractivity contribution in [1.29, 1.82) is 0 Å². The second-order valence-electron chi connectivity index (χ2n) is 3.42. The topological polar surface area (TPSA) is 12.0 Å². The van der Waals surface area contributed by atoms with E-state index in [2.05, 4.69) is 26.1 Å². The van der Waals surface area contributed by atoms with Crippen LogP contribution in [0.15, 0.2) is 0 Å². The van der Waals surface area contributed by atoms with Crippen LogP contribution >= 0.6 is 12.2 Å². The van der Waals surface area contributed by atoms with Gasteiger partial charge in [-0.15, -0.1) is 0 Å². The maximum absolute atomic E-state index is 4.81. The van der Waals surface area contributed by atoms with E-state index >= 15 is 0 Å². The zero-order chi connectivity index (χ0) is 9.40. The fourth-order valence-electron chi connectivity index (χ4n) is 1.33. The molecule has 1 N–H and O–H groups in total. The minimum absolute atomic E-state index is 0.590. The number of rotatable bonds is 7. The van der Waals surface area contributed by atoms with Gasteiger partial charge in [-0.1, -0.05) is 52.3 Å². The number of thiocarbonyl (C=S) groups is 1. The first kappa shape index (κ1) is 11.9. The van der Waals surface area contributed by atoms with Crippen molar-refractivity contribution in [3.8, 4) is 0 Å². The molecule has 0 saturated heterocycles. The van der Waals surface area contributed by atoms with Crippen LogP contribution < -0.4 is 5.32 Å². The Bertz CT molecular complexity index is 114.